The van der Waals surface area contributed by atoms with Gasteiger partial charge in [0.15, 0.2) is 0 Å². The number of halogens is 1. The van der Waals surface area contributed by atoms with Crippen LogP contribution >= 0.6 is 11.6 Å². The molecule has 2 aromatic carbocycles. The van der Waals surface area contributed by atoms with Crippen LogP contribution in [0.5, 0.6) is 0 Å². The van der Waals surface area contributed by atoms with Crippen molar-refractivity contribution < 1.29 is 0 Å². The molecule has 16 heavy (non-hydrogen) atoms. The Morgan fingerprint density at radius 2 is 1.88 bits per heavy atom. The first kappa shape index (κ1) is 10.7. The first-order valence-corrected chi connectivity index (χ1v) is 5.27. The summed E-state index contributed by atoms with van der Waals surface area (Å²) in [6, 6.07) is 16.2. The quantitative estimate of drug-likeness (QED) is 0.721. The predicted octanol–water partition coefficient (Wildman–Crippen LogP) is 3.99. The highest BCUT2D eigenvalue weighted by Gasteiger charge is 2.06. The fourth-order valence-electron chi connectivity index (χ4n) is 1.64. The second-order valence-corrected chi connectivity index (χ2v) is 3.92. The maximum Gasteiger partial charge on any atom is 0.0991 e. The molecule has 0 saturated carbocycles. The van der Waals surface area contributed by atoms with Crippen LogP contribution in [0.3, 0.4) is 0 Å². The van der Waals surface area contributed by atoms with E-state index in [1.165, 1.54) is 0 Å². The molecule has 1 radical (unpaired) electrons. The lowest BCUT2D eigenvalue weighted by molar-refractivity contribution is 1.44. The molecule has 0 unspecified atom stereocenters. The van der Waals surface area contributed by atoms with Gasteiger partial charge in [-0.25, -0.2) is 0 Å². The molecule has 2 heteroatoms. The summed E-state index contributed by atoms with van der Waals surface area (Å²) < 4.78 is 0. The third-order valence-corrected chi connectivity index (χ3v) is 2.76. The van der Waals surface area contributed by atoms with E-state index in [0.29, 0.717) is 10.6 Å². The van der Waals surface area contributed by atoms with Crippen molar-refractivity contribution in [2.24, 2.45) is 0 Å². The summed E-state index contributed by atoms with van der Waals surface area (Å²) in [6.07, 6.45) is 0. The van der Waals surface area contributed by atoms with E-state index in [1.54, 1.807) is 12.1 Å². The van der Waals surface area contributed by atoms with Gasteiger partial charge < -0.3 is 0 Å². The van der Waals surface area contributed by atoms with Crippen molar-refractivity contribution in [1.82, 2.24) is 0 Å². The van der Waals surface area contributed by atoms with Crippen LogP contribution in [0.15, 0.2) is 36.4 Å². The SMILES string of the molecule is Cc1[c]ccc(Cl)c1-c1ccc(C#N)cc1. The number of benzene rings is 2. The number of aryl methyl sites for hydroxylation is 1. The van der Waals surface area contributed by atoms with E-state index < -0.39 is 0 Å². The predicted molar refractivity (Wildman–Crippen MR) is 65.2 cm³/mol. The van der Waals surface area contributed by atoms with Gasteiger partial charge in [0.25, 0.3) is 0 Å². The molecule has 0 aliphatic carbocycles. The smallest absolute Gasteiger partial charge is 0.0991 e. The normalized spacial score (nSPS) is 9.81. The molecule has 0 heterocycles. The Bertz CT molecular complexity index is 530. The lowest BCUT2D eigenvalue weighted by Crippen LogP contribution is -1.85. The maximum absolute atomic E-state index is 8.73. The van der Waals surface area contributed by atoms with Gasteiger partial charge in [-0.2, -0.15) is 5.26 Å². The van der Waals surface area contributed by atoms with Crippen LogP contribution in [0.2, 0.25) is 5.02 Å². The largest absolute Gasteiger partial charge is 0.192 e. The van der Waals surface area contributed by atoms with E-state index in [0.717, 1.165) is 16.7 Å². The van der Waals surface area contributed by atoms with E-state index >= 15 is 0 Å². The summed E-state index contributed by atoms with van der Waals surface area (Å²) in [6.45, 7) is 1.97. The molecule has 77 valence electrons. The first-order valence-electron chi connectivity index (χ1n) is 4.89. The monoisotopic (exact) mass is 226 g/mol. The Hall–Kier alpha value is -1.78. The average Bonchev–Trinajstić information content (AvgIpc) is 2.30. The minimum atomic E-state index is 0.650. The van der Waals surface area contributed by atoms with E-state index in [9.17, 15) is 0 Å². The van der Waals surface area contributed by atoms with Gasteiger partial charge in [0.2, 0.25) is 0 Å². The van der Waals surface area contributed by atoms with Crippen LogP contribution in [-0.2, 0) is 0 Å². The lowest BCUT2D eigenvalue weighted by Gasteiger charge is -2.07. The van der Waals surface area contributed by atoms with Gasteiger partial charge in [-0.05, 0) is 42.3 Å². The highest BCUT2D eigenvalue weighted by Crippen LogP contribution is 2.30. The maximum atomic E-state index is 8.73. The number of nitriles is 1. The summed E-state index contributed by atoms with van der Waals surface area (Å²) in [4.78, 5) is 0. The lowest BCUT2D eigenvalue weighted by atomic mass is 10.00. The van der Waals surface area contributed by atoms with Gasteiger partial charge in [-0.1, -0.05) is 29.8 Å². The van der Waals surface area contributed by atoms with Crippen LogP contribution in [0, 0.1) is 24.3 Å². The molecule has 0 aromatic heterocycles. The molecule has 0 aliphatic heterocycles. The highest BCUT2D eigenvalue weighted by molar-refractivity contribution is 6.33. The van der Waals surface area contributed by atoms with Crippen molar-refractivity contribution in [3.8, 4) is 17.2 Å². The molecule has 0 bridgehead atoms. The molecule has 0 amide bonds. The second kappa shape index (κ2) is 4.38. The summed E-state index contributed by atoms with van der Waals surface area (Å²) in [5.74, 6) is 0. The highest BCUT2D eigenvalue weighted by atomic mass is 35.5. The Labute approximate surface area is 99.9 Å². The van der Waals surface area contributed by atoms with Gasteiger partial charge >= 0.3 is 0 Å². The molecule has 0 spiro atoms. The van der Waals surface area contributed by atoms with Crippen molar-refractivity contribution in [2.75, 3.05) is 0 Å². The second-order valence-electron chi connectivity index (χ2n) is 3.51. The Morgan fingerprint density at radius 3 is 2.44 bits per heavy atom. The zero-order chi connectivity index (χ0) is 11.5. The fourth-order valence-corrected chi connectivity index (χ4v) is 1.95. The van der Waals surface area contributed by atoms with E-state index in [-0.39, 0.29) is 0 Å². The van der Waals surface area contributed by atoms with Crippen molar-refractivity contribution >= 4 is 11.6 Å². The standard InChI is InChI=1S/C14H9ClN/c1-10-3-2-4-13(15)14(10)12-7-5-11(9-16)6-8-12/h2,4-8H,1H3. The zero-order valence-corrected chi connectivity index (χ0v) is 9.55. The Balaban J connectivity index is 2.55. The molecular weight excluding hydrogens is 218 g/mol. The topological polar surface area (TPSA) is 23.8 Å². The number of rotatable bonds is 1. The van der Waals surface area contributed by atoms with Crippen molar-refractivity contribution in [2.45, 2.75) is 6.92 Å². The molecule has 2 aromatic rings. The third kappa shape index (κ3) is 1.93. The molecule has 0 atom stereocenters. The molecule has 0 N–H and O–H groups in total. The van der Waals surface area contributed by atoms with Gasteiger partial charge in [-0.15, -0.1) is 0 Å². The van der Waals surface area contributed by atoms with Crippen LogP contribution in [0.4, 0.5) is 0 Å². The van der Waals surface area contributed by atoms with Gasteiger partial charge in [0, 0.05) is 10.6 Å². The van der Waals surface area contributed by atoms with Gasteiger partial charge in [-0.3, -0.25) is 0 Å². The molecule has 2 rings (SSSR count). The molecular formula is C14H9ClN. The molecule has 0 saturated heterocycles. The summed E-state index contributed by atoms with van der Waals surface area (Å²) in [7, 11) is 0. The van der Waals surface area contributed by atoms with Crippen LogP contribution < -0.4 is 0 Å². The number of nitrogens with zero attached hydrogens (tertiary/aromatic N) is 1. The molecule has 0 fully saturated rings. The van der Waals surface area contributed by atoms with Crippen molar-refractivity contribution in [3.63, 3.8) is 0 Å². The van der Waals surface area contributed by atoms with Crippen LogP contribution in [-0.4, -0.2) is 0 Å². The summed E-state index contributed by atoms with van der Waals surface area (Å²) in [5, 5.41) is 9.44. The molecule has 0 aliphatic rings. The minimum Gasteiger partial charge on any atom is -0.192 e. The van der Waals surface area contributed by atoms with Crippen molar-refractivity contribution in [3.05, 3.63) is 58.6 Å². The Kier molecular flexibility index (Phi) is 2.94. The van der Waals surface area contributed by atoms with E-state index in [4.69, 9.17) is 16.9 Å². The average molecular weight is 227 g/mol. The first-order chi connectivity index (χ1) is 7.72. The molecule has 1 nitrogen and oxygen atoms in total. The number of hydrogen-bond donors (Lipinski definition) is 0. The summed E-state index contributed by atoms with van der Waals surface area (Å²) in [5.41, 5.74) is 3.65. The van der Waals surface area contributed by atoms with Gasteiger partial charge in [0.05, 0.1) is 11.6 Å². The minimum absolute atomic E-state index is 0.650. The van der Waals surface area contributed by atoms with Crippen molar-refractivity contribution in [1.29, 1.82) is 5.26 Å². The van der Waals surface area contributed by atoms with E-state index in [1.807, 2.05) is 31.2 Å². The summed E-state index contributed by atoms with van der Waals surface area (Å²) >= 11 is 6.15. The number of hydrogen-bond acceptors (Lipinski definition) is 1. The Morgan fingerprint density at radius 1 is 1.19 bits per heavy atom. The zero-order valence-electron chi connectivity index (χ0n) is 8.79. The fraction of sp³-hybridized carbons (Fsp3) is 0.0714. The third-order valence-electron chi connectivity index (χ3n) is 2.45. The van der Waals surface area contributed by atoms with Gasteiger partial charge in [0.1, 0.15) is 0 Å². The van der Waals surface area contributed by atoms with E-state index in [2.05, 4.69) is 12.1 Å². The van der Waals surface area contributed by atoms with Crippen LogP contribution in [0.1, 0.15) is 11.1 Å². The van der Waals surface area contributed by atoms with Crippen LogP contribution in [0.25, 0.3) is 11.1 Å².